The molecule has 10 rings (SSSR count). The van der Waals surface area contributed by atoms with Gasteiger partial charge in [-0.3, -0.25) is 40.5 Å². The minimum atomic E-state index is -0.549. The normalized spacial score (nSPS) is 12.8. The molecule has 117 heavy (non-hydrogen) atoms. The average molecular weight is 1610 g/mol. The third-order valence-corrected chi connectivity index (χ3v) is 20.8. The molecule has 0 N–H and O–H groups in total. The summed E-state index contributed by atoms with van der Waals surface area (Å²) in [4.78, 5) is 47.6. The van der Waals surface area contributed by atoms with E-state index in [0.717, 1.165) is 48.7 Å². The molecule has 8 aromatic rings. The molecule has 20 nitrogen and oxygen atoms in total. The fourth-order valence-electron chi connectivity index (χ4n) is 15.0. The molecule has 0 radical (unpaired) electrons. The molecule has 0 spiro atoms. The van der Waals surface area contributed by atoms with E-state index in [4.69, 9.17) is 37.9 Å². The van der Waals surface area contributed by atoms with Crippen LogP contribution in [0.15, 0.2) is 97.1 Å². The number of nitro benzene ring substituents is 4. The molecule has 632 valence electrons. The molecule has 8 aromatic carbocycles. The van der Waals surface area contributed by atoms with E-state index >= 15 is 0 Å². The van der Waals surface area contributed by atoms with Crippen molar-refractivity contribution in [3.8, 4) is 46.0 Å². The molecule has 0 amide bonds. The van der Waals surface area contributed by atoms with Crippen molar-refractivity contribution in [1.29, 1.82) is 0 Å². The van der Waals surface area contributed by atoms with E-state index < -0.39 is 19.7 Å². The molecule has 16 bridgehead atoms. The maximum atomic E-state index is 12.4. The van der Waals surface area contributed by atoms with Crippen molar-refractivity contribution >= 4 is 22.7 Å². The number of nitrogens with zero attached hydrogens (tertiary/aromatic N) is 4. The Morgan fingerprint density at radius 1 is 0.222 bits per heavy atom. The van der Waals surface area contributed by atoms with Crippen LogP contribution in [0, 0.1) is 40.5 Å². The zero-order chi connectivity index (χ0) is 84.7. The van der Waals surface area contributed by atoms with E-state index in [1.165, 1.54) is 115 Å². The van der Waals surface area contributed by atoms with Gasteiger partial charge in [0.05, 0.1) is 72.5 Å². The molecule has 2 aliphatic rings. The molecule has 0 heterocycles. The Morgan fingerprint density at radius 3 is 0.410 bits per heavy atom. The quantitative estimate of drug-likeness (QED) is 0.0327. The standard InChI is InChI=1S/C56H80O4.C40H44N4O12.CH4/c1-17-21-57-49-37-25-39-31-46(54(8,9)10)33-41(50(39)58-22-18-2)27-43-35-48(56(14,15)16)36-44(52(43)60-24-20-4)28-42-34-47(55(11,12)13)32-40(51(42)59-23-19-3)26-38(49)30-45(29-37)53(5,6)7;1-5-9-53-37-25-13-27-19-34(42(47)48)21-29(38(27)54-10-6-2)15-31-23-36(44(51)52)24-32(40(31)56-12-8-4)16-30-22-35(43(49)50)20-28(39(30)55-11-7-3)14-26(37)18-33(17-25)41(45)46;/h29-36H,17-28H2,1-16H3;17-24H,5-16H2,1-4H3;1H4. The largest absolute Gasteiger partial charge is 0.493 e. The molecule has 0 aromatic heterocycles. The molecule has 0 unspecified atom stereocenters. The number of hydrogen-bond acceptors (Lipinski definition) is 16. The van der Waals surface area contributed by atoms with Crippen LogP contribution >= 0.6 is 0 Å². The Labute approximate surface area is 694 Å². The molecule has 0 saturated heterocycles. The van der Waals surface area contributed by atoms with Gasteiger partial charge in [0.2, 0.25) is 0 Å². The van der Waals surface area contributed by atoms with Gasteiger partial charge in [-0.05, 0) is 140 Å². The highest BCUT2D eigenvalue weighted by atomic mass is 16.6. The summed E-state index contributed by atoms with van der Waals surface area (Å²) in [5.74, 6) is 5.19. The van der Waals surface area contributed by atoms with Gasteiger partial charge in [0.15, 0.2) is 0 Å². The Bertz CT molecular complexity index is 4070. The number of non-ortho nitro benzene ring substituents is 4. The number of rotatable bonds is 28. The number of fused-ring (bicyclic) bond motifs is 16. The van der Waals surface area contributed by atoms with Gasteiger partial charge in [-0.2, -0.15) is 0 Å². The molecule has 0 atom stereocenters. The predicted octanol–water partition coefficient (Wildman–Crippen LogP) is 24.5. The van der Waals surface area contributed by atoms with Gasteiger partial charge < -0.3 is 37.9 Å². The van der Waals surface area contributed by atoms with E-state index in [9.17, 15) is 40.5 Å². The third kappa shape index (κ3) is 23.2. The predicted molar refractivity (Wildman–Crippen MR) is 468 cm³/mol. The number of ether oxygens (including phenoxy) is 8. The molecule has 2 aliphatic carbocycles. The fraction of sp³-hybridized carbons (Fsp3) is 0.505. The van der Waals surface area contributed by atoms with Crippen molar-refractivity contribution in [2.75, 3.05) is 52.9 Å². The first-order valence-corrected chi connectivity index (χ1v) is 41.8. The minimum Gasteiger partial charge on any atom is -0.493 e. The average Bonchev–Trinajstić information content (AvgIpc) is 0.758. The summed E-state index contributed by atoms with van der Waals surface area (Å²) in [6.07, 6.45) is 8.46. The maximum Gasteiger partial charge on any atom is 0.270 e. The van der Waals surface area contributed by atoms with Gasteiger partial charge in [0.25, 0.3) is 22.7 Å². The van der Waals surface area contributed by atoms with Gasteiger partial charge in [-0.15, -0.1) is 0 Å². The highest BCUT2D eigenvalue weighted by Gasteiger charge is 2.33. The number of hydrogen-bond donors (Lipinski definition) is 0. The van der Waals surface area contributed by atoms with Gasteiger partial charge in [-0.1, -0.05) is 194 Å². The van der Waals surface area contributed by atoms with Gasteiger partial charge in [0.1, 0.15) is 46.0 Å². The van der Waals surface area contributed by atoms with E-state index in [1.54, 1.807) is 0 Å². The van der Waals surface area contributed by atoms with Crippen LogP contribution in [-0.2, 0) is 73.0 Å². The smallest absolute Gasteiger partial charge is 0.270 e. The summed E-state index contributed by atoms with van der Waals surface area (Å²) < 4.78 is 53.0. The number of nitro groups is 4. The van der Waals surface area contributed by atoms with Gasteiger partial charge in [0, 0.05) is 144 Å². The summed E-state index contributed by atoms with van der Waals surface area (Å²) in [5.41, 5.74) is 16.3. The van der Waals surface area contributed by atoms with Crippen molar-refractivity contribution in [2.45, 2.75) is 270 Å². The van der Waals surface area contributed by atoms with Crippen molar-refractivity contribution in [3.63, 3.8) is 0 Å². The highest BCUT2D eigenvalue weighted by molar-refractivity contribution is 5.65. The van der Waals surface area contributed by atoms with Crippen LogP contribution in [0.2, 0.25) is 0 Å². The van der Waals surface area contributed by atoms with Crippen LogP contribution in [0.25, 0.3) is 0 Å². The summed E-state index contributed by atoms with van der Waals surface area (Å²) >= 11 is 0. The van der Waals surface area contributed by atoms with E-state index in [1.807, 2.05) is 27.7 Å². The monoisotopic (exact) mass is 1600 g/mol. The zero-order valence-corrected chi connectivity index (χ0v) is 72.5. The van der Waals surface area contributed by atoms with Gasteiger partial charge in [-0.25, -0.2) is 0 Å². The first-order chi connectivity index (χ1) is 55.0. The first kappa shape index (κ1) is 92.3. The van der Waals surface area contributed by atoms with E-state index in [-0.39, 0.29) is 104 Å². The maximum absolute atomic E-state index is 12.4. The van der Waals surface area contributed by atoms with Gasteiger partial charge >= 0.3 is 0 Å². The van der Waals surface area contributed by atoms with E-state index in [2.05, 4.69) is 159 Å². The second-order valence-electron chi connectivity index (χ2n) is 35.1. The highest BCUT2D eigenvalue weighted by Crippen LogP contribution is 2.48. The summed E-state index contributed by atoms with van der Waals surface area (Å²) in [6.45, 7) is 47.8. The minimum absolute atomic E-state index is 0. The summed E-state index contributed by atoms with van der Waals surface area (Å²) in [6, 6.07) is 30.2. The Hall–Kier alpha value is -10.2. The van der Waals surface area contributed by atoms with Crippen LogP contribution < -0.4 is 37.9 Å². The lowest BCUT2D eigenvalue weighted by Crippen LogP contribution is -2.18. The summed E-state index contributed by atoms with van der Waals surface area (Å²) in [7, 11) is 0. The lowest BCUT2D eigenvalue weighted by Gasteiger charge is -2.29. The molecule has 20 heteroatoms. The lowest BCUT2D eigenvalue weighted by atomic mass is 9.79. The fourth-order valence-corrected chi connectivity index (χ4v) is 15.0. The van der Waals surface area contributed by atoms with Crippen LogP contribution in [-0.4, -0.2) is 72.5 Å². The topological polar surface area (TPSA) is 246 Å². The SMILES string of the molecule is C.CCCOc1c2cc(C(C)(C)C)cc1Cc1cc(C(C)(C)C)cc(c1OCCC)Cc1cc(C(C)(C)C)cc(c1OCCC)Cc1cc(C(C)(C)C)cc(c1OCCC)C2.CCCOc1c2cc([N+](=O)[O-])cc1Cc1cc([N+](=O)[O-])cc(c1OCCC)Cc1cc([N+](=O)[O-])cc(c1OCCC)Cc1cc([N+](=O)[O-])cc(c1OCCC)C2. The summed E-state index contributed by atoms with van der Waals surface area (Å²) in [5, 5.41) is 49.8. The Morgan fingerprint density at radius 2 is 0.325 bits per heavy atom. The van der Waals surface area contributed by atoms with Crippen molar-refractivity contribution in [3.05, 3.63) is 249 Å². The van der Waals surface area contributed by atoms with Crippen LogP contribution in [0.4, 0.5) is 22.7 Å². The Kier molecular flexibility index (Phi) is 31.8. The van der Waals surface area contributed by atoms with Crippen LogP contribution in [0.5, 0.6) is 46.0 Å². The molecule has 0 aliphatic heterocycles. The Balaban J connectivity index is 0.000000290. The van der Waals surface area contributed by atoms with Crippen molar-refractivity contribution in [2.24, 2.45) is 0 Å². The second kappa shape index (κ2) is 40.3. The second-order valence-corrected chi connectivity index (χ2v) is 35.1. The molecular weight excluding hydrogens is 1480 g/mol. The molecule has 0 saturated carbocycles. The van der Waals surface area contributed by atoms with Crippen LogP contribution in [0.1, 0.15) is 309 Å². The van der Waals surface area contributed by atoms with Crippen molar-refractivity contribution in [1.82, 2.24) is 0 Å². The third-order valence-electron chi connectivity index (χ3n) is 20.8. The van der Waals surface area contributed by atoms with Crippen molar-refractivity contribution < 1.29 is 57.6 Å². The number of benzene rings is 8. The lowest BCUT2D eigenvalue weighted by molar-refractivity contribution is -0.385. The van der Waals surface area contributed by atoms with E-state index in [0.29, 0.717) is 145 Å². The first-order valence-electron chi connectivity index (χ1n) is 41.8. The zero-order valence-electron chi connectivity index (χ0n) is 72.5. The molecular formula is C97H128N4O16. The molecule has 0 fully saturated rings. The van der Waals surface area contributed by atoms with Crippen LogP contribution in [0.3, 0.4) is 0 Å².